The molecule has 2 aliphatic rings. The van der Waals surface area contributed by atoms with Gasteiger partial charge in [-0.05, 0) is 46.1 Å². The number of ether oxygens (including phenoxy) is 1. The second kappa shape index (κ2) is 8.08. The normalized spacial score (nSPS) is 36.6. The smallest absolute Gasteiger partial charge is 0.372 e. The van der Waals surface area contributed by atoms with E-state index in [1.807, 2.05) is 21.3 Å². The summed E-state index contributed by atoms with van der Waals surface area (Å²) in [6.45, 7) is 11.7. The molecule has 2 heterocycles. The zero-order valence-electron chi connectivity index (χ0n) is 17.7. The first-order chi connectivity index (χ1) is 11.8. The van der Waals surface area contributed by atoms with Crippen molar-refractivity contribution in [1.82, 2.24) is 9.47 Å². The van der Waals surface area contributed by atoms with E-state index in [0.717, 1.165) is 42.4 Å². The Kier molecular flexibility index (Phi) is 6.96. The van der Waals surface area contributed by atoms with Crippen molar-refractivity contribution in [3.63, 3.8) is 0 Å². The predicted molar refractivity (Wildman–Crippen MR) is 109 cm³/mol. The minimum Gasteiger partial charge on any atom is -0.396 e. The van der Waals surface area contributed by atoms with Gasteiger partial charge < -0.3 is 18.2 Å². The van der Waals surface area contributed by atoms with Crippen LogP contribution in [-0.4, -0.2) is 85.7 Å². The predicted octanol–water partition coefficient (Wildman–Crippen LogP) is 1.67. The van der Waals surface area contributed by atoms with Gasteiger partial charge in [0.2, 0.25) is 0 Å². The standard InChI is InChI=1S/C18H40N2O3Si2/c1-8-11-18(21-5)16(10-9-14-25(18,22-6)23-7)19-12-13-20(24)15(2)17(19,3)4/h15-16H,8-14H2,1-7,24H3. The summed E-state index contributed by atoms with van der Waals surface area (Å²) in [5.41, 5.74) is 0.126. The molecule has 25 heavy (non-hydrogen) atoms. The van der Waals surface area contributed by atoms with Gasteiger partial charge in [-0.2, -0.15) is 0 Å². The molecule has 0 aromatic rings. The summed E-state index contributed by atoms with van der Waals surface area (Å²) in [6, 6.07) is 1.96. The van der Waals surface area contributed by atoms with Crippen LogP contribution in [0.2, 0.25) is 6.04 Å². The quantitative estimate of drug-likeness (QED) is 0.647. The molecule has 0 saturated carbocycles. The number of nitrogens with zero attached hydrogens (tertiary/aromatic N) is 2. The second-order valence-corrected chi connectivity index (χ2v) is 13.2. The molecule has 0 aromatic heterocycles. The van der Waals surface area contributed by atoms with Gasteiger partial charge in [-0.15, -0.1) is 0 Å². The van der Waals surface area contributed by atoms with Gasteiger partial charge >= 0.3 is 8.56 Å². The molecule has 148 valence electrons. The van der Waals surface area contributed by atoms with E-state index in [1.165, 1.54) is 12.8 Å². The van der Waals surface area contributed by atoms with Crippen molar-refractivity contribution in [2.24, 2.45) is 0 Å². The van der Waals surface area contributed by atoms with E-state index in [-0.39, 0.29) is 10.8 Å². The maximum Gasteiger partial charge on any atom is 0.372 e. The maximum absolute atomic E-state index is 6.40. The van der Waals surface area contributed by atoms with Crippen LogP contribution >= 0.6 is 0 Å². The molecule has 0 radical (unpaired) electrons. The first-order valence-electron chi connectivity index (χ1n) is 9.88. The van der Waals surface area contributed by atoms with Crippen LogP contribution in [0, 0.1) is 0 Å². The Morgan fingerprint density at radius 1 is 1.16 bits per heavy atom. The van der Waals surface area contributed by atoms with E-state index in [1.54, 1.807) is 0 Å². The summed E-state index contributed by atoms with van der Waals surface area (Å²) in [6.07, 6.45) is 4.43. The molecule has 3 atom stereocenters. The third-order valence-electron chi connectivity index (χ3n) is 7.31. The monoisotopic (exact) mass is 388 g/mol. The lowest BCUT2D eigenvalue weighted by Gasteiger charge is -2.61. The zero-order chi connectivity index (χ0) is 18.9. The Labute approximate surface area is 159 Å². The average Bonchev–Trinajstić information content (AvgIpc) is 2.60. The van der Waals surface area contributed by atoms with Gasteiger partial charge in [0.05, 0.1) is 10.4 Å². The van der Waals surface area contributed by atoms with Crippen molar-refractivity contribution in [3.8, 4) is 0 Å². The third-order valence-corrected chi connectivity index (χ3v) is 12.9. The van der Waals surface area contributed by atoms with Crippen molar-refractivity contribution >= 4 is 19.0 Å². The number of hydrogen-bond acceptors (Lipinski definition) is 5. The van der Waals surface area contributed by atoms with Crippen molar-refractivity contribution in [2.75, 3.05) is 34.4 Å². The Hall–Kier alpha value is 0.234. The van der Waals surface area contributed by atoms with Crippen LogP contribution in [0.25, 0.3) is 0 Å². The second-order valence-electron chi connectivity index (χ2n) is 8.42. The molecule has 2 saturated heterocycles. The fourth-order valence-corrected chi connectivity index (χ4v) is 10.4. The van der Waals surface area contributed by atoms with Crippen LogP contribution in [-0.2, 0) is 13.6 Å². The van der Waals surface area contributed by atoms with Crippen molar-refractivity contribution in [1.29, 1.82) is 0 Å². The SMILES string of the molecule is CCCC1(OC)C(N2CCN([SiH3])C(C)C2(C)C)CCC[Si]1(OC)OC. The van der Waals surface area contributed by atoms with Crippen LogP contribution in [0.15, 0.2) is 0 Å². The molecule has 3 unspecified atom stereocenters. The van der Waals surface area contributed by atoms with Gasteiger partial charge in [0.1, 0.15) is 5.22 Å². The lowest BCUT2D eigenvalue weighted by molar-refractivity contribution is -0.119. The van der Waals surface area contributed by atoms with Gasteiger partial charge in [0.25, 0.3) is 0 Å². The first-order valence-corrected chi connectivity index (χ1v) is 12.8. The van der Waals surface area contributed by atoms with E-state index < -0.39 is 8.56 Å². The highest BCUT2D eigenvalue weighted by molar-refractivity contribution is 6.71. The number of hydrogen-bond donors (Lipinski definition) is 0. The molecule has 5 nitrogen and oxygen atoms in total. The largest absolute Gasteiger partial charge is 0.396 e. The fraction of sp³-hybridized carbons (Fsp3) is 1.00. The van der Waals surface area contributed by atoms with Crippen LogP contribution in [0.3, 0.4) is 0 Å². The highest BCUT2D eigenvalue weighted by Crippen LogP contribution is 2.47. The molecule has 0 amide bonds. The molecule has 0 spiro atoms. The Morgan fingerprint density at radius 3 is 2.32 bits per heavy atom. The first kappa shape index (κ1) is 21.5. The molecule has 0 aromatic carbocycles. The summed E-state index contributed by atoms with van der Waals surface area (Å²) < 4.78 is 21.4. The molecule has 7 heteroatoms. The van der Waals surface area contributed by atoms with Crippen molar-refractivity contribution in [3.05, 3.63) is 0 Å². The van der Waals surface area contributed by atoms with E-state index >= 15 is 0 Å². The molecule has 2 aliphatic heterocycles. The lowest BCUT2D eigenvalue weighted by Crippen LogP contribution is -2.78. The van der Waals surface area contributed by atoms with Crippen LogP contribution < -0.4 is 0 Å². The van der Waals surface area contributed by atoms with E-state index in [2.05, 4.69) is 37.2 Å². The van der Waals surface area contributed by atoms with Crippen molar-refractivity contribution in [2.45, 2.75) is 82.3 Å². The lowest BCUT2D eigenvalue weighted by atomic mass is 9.86. The Morgan fingerprint density at radius 2 is 1.80 bits per heavy atom. The number of rotatable bonds is 6. The van der Waals surface area contributed by atoms with E-state index in [9.17, 15) is 0 Å². The summed E-state index contributed by atoms with van der Waals surface area (Å²) in [5, 5.41) is -0.298. The van der Waals surface area contributed by atoms with Gasteiger partial charge in [-0.25, -0.2) is 0 Å². The summed E-state index contributed by atoms with van der Waals surface area (Å²) >= 11 is 0. The van der Waals surface area contributed by atoms with Crippen LogP contribution in [0.4, 0.5) is 0 Å². The van der Waals surface area contributed by atoms with Crippen LogP contribution in [0.1, 0.15) is 53.4 Å². The van der Waals surface area contributed by atoms with Gasteiger partial charge in [0, 0.05) is 52.0 Å². The number of piperazine rings is 1. The van der Waals surface area contributed by atoms with Gasteiger partial charge in [-0.1, -0.05) is 13.3 Å². The Bertz CT molecular complexity index is 448. The molecule has 2 rings (SSSR count). The van der Waals surface area contributed by atoms with Crippen molar-refractivity contribution < 1.29 is 13.6 Å². The highest BCUT2D eigenvalue weighted by Gasteiger charge is 2.65. The fourth-order valence-electron chi connectivity index (χ4n) is 5.47. The van der Waals surface area contributed by atoms with E-state index in [4.69, 9.17) is 13.6 Å². The molecule has 0 aliphatic carbocycles. The third kappa shape index (κ3) is 3.30. The minimum absolute atomic E-state index is 0.126. The summed E-state index contributed by atoms with van der Waals surface area (Å²) in [7, 11) is 4.24. The van der Waals surface area contributed by atoms with Gasteiger partial charge in [-0.3, -0.25) is 4.90 Å². The number of methoxy groups -OCH3 is 1. The highest BCUT2D eigenvalue weighted by atomic mass is 28.4. The van der Waals surface area contributed by atoms with E-state index in [0.29, 0.717) is 12.1 Å². The topological polar surface area (TPSA) is 34.2 Å². The molecule has 0 N–H and O–H groups in total. The Balaban J connectivity index is 2.49. The average molecular weight is 389 g/mol. The van der Waals surface area contributed by atoms with Gasteiger partial charge in [0.15, 0.2) is 0 Å². The minimum atomic E-state index is -2.45. The van der Waals surface area contributed by atoms with Crippen LogP contribution in [0.5, 0.6) is 0 Å². The zero-order valence-corrected chi connectivity index (χ0v) is 20.7. The maximum atomic E-state index is 6.40. The molecule has 0 bridgehead atoms. The summed E-state index contributed by atoms with van der Waals surface area (Å²) in [4.78, 5) is 2.74. The summed E-state index contributed by atoms with van der Waals surface area (Å²) in [5.74, 6) is 0. The molecular weight excluding hydrogens is 348 g/mol. The molecular formula is C18H40N2O3Si2. The molecule has 2 fully saturated rings.